The van der Waals surface area contributed by atoms with Crippen molar-refractivity contribution in [1.82, 2.24) is 9.78 Å². The monoisotopic (exact) mass is 340 g/mol. The van der Waals surface area contributed by atoms with E-state index in [1.165, 1.54) is 12.8 Å². The number of ketones is 1. The lowest BCUT2D eigenvalue weighted by Crippen LogP contribution is -2.29. The maximum Gasteiger partial charge on any atom is 0.144 e. The minimum atomic E-state index is -0.0609. The molecule has 0 aliphatic heterocycles. The second-order valence-electron chi connectivity index (χ2n) is 5.82. The molecule has 1 aliphatic rings. The Balaban J connectivity index is 2.25. The van der Waals surface area contributed by atoms with Crippen LogP contribution in [0.25, 0.3) is 0 Å². The van der Waals surface area contributed by atoms with E-state index in [2.05, 4.69) is 41.8 Å². The highest BCUT2D eigenvalue weighted by Crippen LogP contribution is 2.42. The van der Waals surface area contributed by atoms with Crippen molar-refractivity contribution >= 4 is 21.7 Å². The van der Waals surface area contributed by atoms with Crippen LogP contribution in [0, 0.1) is 5.41 Å². The van der Waals surface area contributed by atoms with Gasteiger partial charge >= 0.3 is 0 Å². The number of rotatable bonds is 6. The van der Waals surface area contributed by atoms with Gasteiger partial charge in [-0.25, -0.2) is 0 Å². The summed E-state index contributed by atoms with van der Waals surface area (Å²) in [6.07, 6.45) is 6.94. The van der Waals surface area contributed by atoms with Gasteiger partial charge in [-0.3, -0.25) is 9.48 Å². The van der Waals surface area contributed by atoms with Crippen LogP contribution in [0.1, 0.15) is 64.3 Å². The van der Waals surface area contributed by atoms with Crippen molar-refractivity contribution in [3.8, 4) is 0 Å². The van der Waals surface area contributed by atoms with Gasteiger partial charge in [0.05, 0.1) is 22.3 Å². The molecule has 20 heavy (non-hydrogen) atoms. The Morgan fingerprint density at radius 2 is 1.95 bits per heavy atom. The Bertz CT molecular complexity index is 487. The molecule has 1 aliphatic carbocycles. The zero-order valence-corrected chi connectivity index (χ0v) is 14.4. The van der Waals surface area contributed by atoms with Crippen molar-refractivity contribution in [3.63, 3.8) is 0 Å². The first-order valence-electron chi connectivity index (χ1n) is 7.85. The van der Waals surface area contributed by atoms with Crippen LogP contribution in [0.15, 0.2) is 4.47 Å². The summed E-state index contributed by atoms with van der Waals surface area (Å²) in [7, 11) is 0. The number of Topliss-reactive ketones (excluding diaryl/α,β-unsaturated/α-hetero) is 1. The second-order valence-corrected chi connectivity index (χ2v) is 6.61. The van der Waals surface area contributed by atoms with E-state index in [1.807, 2.05) is 4.68 Å². The summed E-state index contributed by atoms with van der Waals surface area (Å²) in [6.45, 7) is 7.16. The average molecular weight is 341 g/mol. The molecule has 1 aromatic heterocycles. The van der Waals surface area contributed by atoms with E-state index >= 15 is 0 Å². The number of hydrogen-bond acceptors (Lipinski definition) is 2. The van der Waals surface area contributed by atoms with Crippen LogP contribution < -0.4 is 0 Å². The van der Waals surface area contributed by atoms with Crippen molar-refractivity contribution in [1.29, 1.82) is 0 Å². The van der Waals surface area contributed by atoms with Gasteiger partial charge in [0.15, 0.2) is 0 Å². The highest BCUT2D eigenvalue weighted by Gasteiger charge is 2.39. The van der Waals surface area contributed by atoms with Gasteiger partial charge in [-0.2, -0.15) is 5.10 Å². The Kier molecular flexibility index (Phi) is 5.05. The van der Waals surface area contributed by atoms with E-state index in [0.717, 1.165) is 48.1 Å². The molecule has 4 heteroatoms. The molecule has 1 fully saturated rings. The van der Waals surface area contributed by atoms with Crippen molar-refractivity contribution in [2.75, 3.05) is 0 Å². The number of aromatic nitrogens is 2. The number of halogens is 1. The molecule has 0 radical (unpaired) electrons. The summed E-state index contributed by atoms with van der Waals surface area (Å²) in [5, 5.41) is 4.59. The number of nitrogens with zero attached hydrogens (tertiary/aromatic N) is 2. The SMILES string of the molecule is CCc1nn(CC)c(CC(=O)C2(CC)CCCC2)c1Br. The molecule has 0 N–H and O–H groups in total. The minimum Gasteiger partial charge on any atom is -0.299 e. The van der Waals surface area contributed by atoms with E-state index in [9.17, 15) is 4.79 Å². The van der Waals surface area contributed by atoms with Crippen LogP contribution in [0.5, 0.6) is 0 Å². The smallest absolute Gasteiger partial charge is 0.144 e. The molecule has 0 aromatic carbocycles. The van der Waals surface area contributed by atoms with E-state index in [1.54, 1.807) is 0 Å². The molecule has 1 saturated carbocycles. The molecule has 1 heterocycles. The van der Waals surface area contributed by atoms with E-state index in [0.29, 0.717) is 12.2 Å². The highest BCUT2D eigenvalue weighted by atomic mass is 79.9. The Morgan fingerprint density at radius 1 is 1.30 bits per heavy atom. The van der Waals surface area contributed by atoms with Crippen LogP contribution in [0.2, 0.25) is 0 Å². The first kappa shape index (κ1) is 15.7. The van der Waals surface area contributed by atoms with Crippen molar-refractivity contribution in [3.05, 3.63) is 15.9 Å². The first-order valence-corrected chi connectivity index (χ1v) is 8.64. The number of aryl methyl sites for hydroxylation is 2. The van der Waals surface area contributed by atoms with Crippen LogP contribution in [-0.4, -0.2) is 15.6 Å². The molecule has 0 unspecified atom stereocenters. The molecular weight excluding hydrogens is 316 g/mol. The van der Waals surface area contributed by atoms with Crippen LogP contribution in [0.4, 0.5) is 0 Å². The van der Waals surface area contributed by atoms with Gasteiger partial charge in [-0.15, -0.1) is 0 Å². The standard InChI is InChI=1S/C16H25BrN2O/c1-4-12-15(17)13(19(6-3)18-12)11-14(20)16(5-2)9-7-8-10-16/h4-11H2,1-3H3. The zero-order valence-electron chi connectivity index (χ0n) is 12.8. The van der Waals surface area contributed by atoms with Crippen molar-refractivity contribution in [2.45, 2.75) is 72.3 Å². The summed E-state index contributed by atoms with van der Waals surface area (Å²) < 4.78 is 3.03. The third-order valence-corrected chi connectivity index (χ3v) is 5.77. The second kappa shape index (κ2) is 6.42. The lowest BCUT2D eigenvalue weighted by molar-refractivity contribution is -0.128. The maximum absolute atomic E-state index is 12.8. The molecule has 0 spiro atoms. The third kappa shape index (κ3) is 2.72. The highest BCUT2D eigenvalue weighted by molar-refractivity contribution is 9.10. The first-order chi connectivity index (χ1) is 9.57. The van der Waals surface area contributed by atoms with E-state index < -0.39 is 0 Å². The zero-order chi connectivity index (χ0) is 14.8. The number of carbonyl (C=O) groups excluding carboxylic acids is 1. The van der Waals surface area contributed by atoms with Gasteiger partial charge in [0.1, 0.15) is 5.78 Å². The maximum atomic E-state index is 12.8. The molecule has 1 aromatic rings. The molecule has 3 nitrogen and oxygen atoms in total. The fraction of sp³-hybridized carbons (Fsp3) is 0.750. The van der Waals surface area contributed by atoms with Gasteiger partial charge in [0, 0.05) is 12.0 Å². The van der Waals surface area contributed by atoms with E-state index in [-0.39, 0.29) is 5.41 Å². The third-order valence-electron chi connectivity index (χ3n) is 4.85. The quantitative estimate of drug-likeness (QED) is 0.773. The minimum absolute atomic E-state index is 0.0609. The molecule has 0 amide bonds. The van der Waals surface area contributed by atoms with Gasteiger partial charge < -0.3 is 0 Å². The summed E-state index contributed by atoms with van der Waals surface area (Å²) in [6, 6.07) is 0. The predicted molar refractivity (Wildman–Crippen MR) is 84.9 cm³/mol. The molecule has 2 rings (SSSR count). The van der Waals surface area contributed by atoms with Crippen LogP contribution in [0.3, 0.4) is 0 Å². The largest absolute Gasteiger partial charge is 0.299 e. The van der Waals surface area contributed by atoms with Crippen molar-refractivity contribution in [2.24, 2.45) is 5.41 Å². The number of hydrogen-bond donors (Lipinski definition) is 0. The fourth-order valence-electron chi connectivity index (χ4n) is 3.41. The predicted octanol–water partition coefficient (Wildman–Crippen LogP) is 4.31. The lowest BCUT2D eigenvalue weighted by atomic mass is 9.77. The molecular formula is C16H25BrN2O. The topological polar surface area (TPSA) is 34.9 Å². The lowest BCUT2D eigenvalue weighted by Gasteiger charge is -2.25. The Hall–Kier alpha value is -0.640. The fourth-order valence-corrected chi connectivity index (χ4v) is 4.11. The molecule has 0 saturated heterocycles. The summed E-state index contributed by atoms with van der Waals surface area (Å²) in [5.74, 6) is 0.412. The number of carbonyl (C=O) groups is 1. The molecule has 112 valence electrons. The summed E-state index contributed by atoms with van der Waals surface area (Å²) in [4.78, 5) is 12.8. The average Bonchev–Trinajstić information content (AvgIpc) is 3.06. The van der Waals surface area contributed by atoms with Crippen molar-refractivity contribution < 1.29 is 4.79 Å². The Labute approximate surface area is 130 Å². The van der Waals surface area contributed by atoms with E-state index in [4.69, 9.17) is 0 Å². The van der Waals surface area contributed by atoms with Crippen LogP contribution in [-0.2, 0) is 24.2 Å². The normalized spacial score (nSPS) is 17.6. The molecule has 0 atom stereocenters. The van der Waals surface area contributed by atoms with Gasteiger partial charge in [0.2, 0.25) is 0 Å². The Morgan fingerprint density at radius 3 is 2.45 bits per heavy atom. The van der Waals surface area contributed by atoms with Gasteiger partial charge in [0.25, 0.3) is 0 Å². The summed E-state index contributed by atoms with van der Waals surface area (Å²) >= 11 is 3.64. The molecule has 0 bridgehead atoms. The van der Waals surface area contributed by atoms with Gasteiger partial charge in [-0.1, -0.05) is 26.7 Å². The summed E-state index contributed by atoms with van der Waals surface area (Å²) in [5.41, 5.74) is 2.06. The van der Waals surface area contributed by atoms with Gasteiger partial charge in [-0.05, 0) is 48.5 Å². The van der Waals surface area contributed by atoms with Crippen LogP contribution >= 0.6 is 15.9 Å².